The van der Waals surface area contributed by atoms with Crippen LogP contribution in [-0.4, -0.2) is 47.0 Å². The molecule has 230 valence electrons. The summed E-state index contributed by atoms with van der Waals surface area (Å²) in [7, 11) is 3.88. The zero-order valence-corrected chi connectivity index (χ0v) is 25.8. The van der Waals surface area contributed by atoms with Crippen LogP contribution in [0.5, 0.6) is 5.75 Å². The fraction of sp³-hybridized carbons (Fsp3) is 0.324. The Bertz CT molecular complexity index is 1590. The molecule has 5 rings (SSSR count). The Morgan fingerprint density at radius 3 is 2.66 bits per heavy atom. The number of aromatic nitrogens is 2. The van der Waals surface area contributed by atoms with Crippen LogP contribution in [0.25, 0.3) is 11.4 Å². The topological polar surface area (TPSA) is 79.7 Å². The normalized spacial score (nSPS) is 16.6. The SMILES string of the molecule is C=C/C(F)=C(/COc1ccc(CN2Cc3ccc(-c4ncc(N(C)CCC(=O)NC=O)n4C)cc3C2C2CC2)cc1)C(=C)Cl. The monoisotopic (exact) mass is 617 g/mol. The maximum absolute atomic E-state index is 14.0. The number of fused-ring (bicyclic) bond motifs is 1. The van der Waals surface area contributed by atoms with Gasteiger partial charge in [-0.05, 0) is 59.7 Å². The Labute approximate surface area is 262 Å². The van der Waals surface area contributed by atoms with Gasteiger partial charge in [0.1, 0.15) is 29.8 Å². The lowest BCUT2D eigenvalue weighted by atomic mass is 9.98. The Morgan fingerprint density at radius 1 is 1.25 bits per heavy atom. The number of benzene rings is 2. The highest BCUT2D eigenvalue weighted by molar-refractivity contribution is 6.31. The lowest BCUT2D eigenvalue weighted by Gasteiger charge is -2.25. The van der Waals surface area contributed by atoms with Crippen molar-refractivity contribution in [3.8, 4) is 17.1 Å². The minimum absolute atomic E-state index is 0.0284. The molecule has 44 heavy (non-hydrogen) atoms. The van der Waals surface area contributed by atoms with E-state index in [1.807, 2.05) is 54.0 Å². The van der Waals surface area contributed by atoms with Gasteiger partial charge in [0.2, 0.25) is 12.3 Å². The Kier molecular flexibility index (Phi) is 9.66. The van der Waals surface area contributed by atoms with Gasteiger partial charge in [0.15, 0.2) is 0 Å². The summed E-state index contributed by atoms with van der Waals surface area (Å²) in [5.74, 6) is 2.14. The van der Waals surface area contributed by atoms with Gasteiger partial charge in [0.05, 0.1) is 6.20 Å². The third-order valence-electron chi connectivity index (χ3n) is 8.29. The van der Waals surface area contributed by atoms with Gasteiger partial charge in [-0.15, -0.1) is 0 Å². The average Bonchev–Trinajstić information content (AvgIpc) is 3.68. The van der Waals surface area contributed by atoms with Crippen LogP contribution < -0.4 is 15.0 Å². The zero-order chi connectivity index (χ0) is 31.4. The third-order valence-corrected chi connectivity index (χ3v) is 8.52. The summed E-state index contributed by atoms with van der Waals surface area (Å²) >= 11 is 5.93. The number of allylic oxidation sites excluding steroid dienone is 2. The van der Waals surface area contributed by atoms with E-state index < -0.39 is 5.83 Å². The number of anilines is 1. The van der Waals surface area contributed by atoms with Crippen molar-refractivity contribution < 1.29 is 18.7 Å². The zero-order valence-electron chi connectivity index (χ0n) is 25.1. The van der Waals surface area contributed by atoms with Gasteiger partial charge >= 0.3 is 0 Å². The van der Waals surface area contributed by atoms with E-state index in [4.69, 9.17) is 21.3 Å². The van der Waals surface area contributed by atoms with Crippen molar-refractivity contribution in [2.45, 2.75) is 38.4 Å². The van der Waals surface area contributed by atoms with E-state index in [2.05, 4.69) is 41.6 Å². The molecular weight excluding hydrogens is 581 g/mol. The minimum Gasteiger partial charge on any atom is -0.489 e. The molecule has 0 radical (unpaired) electrons. The number of carbonyl (C=O) groups is 2. The van der Waals surface area contributed by atoms with Crippen LogP contribution in [0.2, 0.25) is 0 Å². The highest BCUT2D eigenvalue weighted by Crippen LogP contribution is 2.50. The number of hydrogen-bond acceptors (Lipinski definition) is 6. The summed E-state index contributed by atoms with van der Waals surface area (Å²) in [5, 5.41) is 2.27. The van der Waals surface area contributed by atoms with Crippen molar-refractivity contribution in [3.05, 3.63) is 101 Å². The molecule has 3 aromatic rings. The van der Waals surface area contributed by atoms with E-state index >= 15 is 0 Å². The van der Waals surface area contributed by atoms with Crippen LogP contribution in [0.4, 0.5) is 10.2 Å². The highest BCUT2D eigenvalue weighted by Gasteiger charge is 2.41. The molecule has 2 amide bonds. The molecule has 1 aromatic heterocycles. The van der Waals surface area contributed by atoms with Crippen molar-refractivity contribution >= 4 is 29.7 Å². The first-order valence-electron chi connectivity index (χ1n) is 14.6. The van der Waals surface area contributed by atoms with Crippen LogP contribution in [-0.2, 0) is 29.7 Å². The molecule has 1 fully saturated rings. The first-order chi connectivity index (χ1) is 21.2. The van der Waals surface area contributed by atoms with Crippen LogP contribution in [0, 0.1) is 5.92 Å². The van der Waals surface area contributed by atoms with Crippen LogP contribution in [0.3, 0.4) is 0 Å². The molecule has 0 saturated heterocycles. The molecule has 2 heterocycles. The van der Waals surface area contributed by atoms with Gasteiger partial charge in [-0.3, -0.25) is 19.8 Å². The van der Waals surface area contributed by atoms with Crippen molar-refractivity contribution in [1.29, 1.82) is 0 Å². The molecule has 1 unspecified atom stereocenters. The predicted octanol–water partition coefficient (Wildman–Crippen LogP) is 6.19. The number of hydrogen-bond donors (Lipinski definition) is 1. The summed E-state index contributed by atoms with van der Waals surface area (Å²) in [5.41, 5.74) is 5.10. The van der Waals surface area contributed by atoms with E-state index in [1.165, 1.54) is 29.5 Å². The fourth-order valence-electron chi connectivity index (χ4n) is 5.81. The Hall–Kier alpha value is -4.21. The summed E-state index contributed by atoms with van der Waals surface area (Å²) in [4.78, 5) is 31.5. The van der Waals surface area contributed by atoms with Crippen molar-refractivity contribution in [1.82, 2.24) is 19.8 Å². The lowest BCUT2D eigenvalue weighted by molar-refractivity contribution is -0.125. The second kappa shape index (κ2) is 13.6. The van der Waals surface area contributed by atoms with Crippen LogP contribution in [0.1, 0.15) is 42.0 Å². The van der Waals surface area contributed by atoms with Crippen molar-refractivity contribution in [2.24, 2.45) is 13.0 Å². The molecule has 1 aliphatic heterocycles. The van der Waals surface area contributed by atoms with E-state index in [9.17, 15) is 14.0 Å². The van der Waals surface area contributed by atoms with Gasteiger partial charge in [-0.25, -0.2) is 9.37 Å². The minimum atomic E-state index is -0.543. The van der Waals surface area contributed by atoms with Crippen LogP contribution >= 0.6 is 11.6 Å². The van der Waals surface area contributed by atoms with E-state index in [-0.39, 0.29) is 29.5 Å². The number of nitrogens with one attached hydrogen (secondary N) is 1. The highest BCUT2D eigenvalue weighted by atomic mass is 35.5. The number of imide groups is 1. The largest absolute Gasteiger partial charge is 0.489 e. The standard InChI is InChI=1S/C34H37ClFN5O3/c1-5-30(36)29(22(2)35)20-44-27-12-6-23(7-13-27)18-41-19-26-11-10-25(16-28(26)33(41)24-8-9-24)34-37-17-32(40(34)4)39(3)15-14-31(43)38-21-42/h5-7,10-13,16-17,21,24,33H,1-2,8-9,14-15,18-20H2,3-4H3,(H,38,42,43)/b30-29+. The number of amides is 2. The molecule has 1 atom stereocenters. The molecule has 1 aliphatic carbocycles. The van der Waals surface area contributed by atoms with E-state index in [0.29, 0.717) is 30.7 Å². The first-order valence-corrected chi connectivity index (χ1v) is 15.0. The molecular formula is C34H37ClFN5O3. The van der Waals surface area contributed by atoms with Gasteiger partial charge in [-0.2, -0.15) is 0 Å². The van der Waals surface area contributed by atoms with Gasteiger partial charge in [0.25, 0.3) is 0 Å². The number of nitrogens with zero attached hydrogens (tertiary/aromatic N) is 4. The Balaban J connectivity index is 1.28. The van der Waals surface area contributed by atoms with Crippen molar-refractivity contribution in [3.63, 3.8) is 0 Å². The Morgan fingerprint density at radius 2 is 2.00 bits per heavy atom. The van der Waals surface area contributed by atoms with Gasteiger partial charge in [-0.1, -0.05) is 49.0 Å². The van der Waals surface area contributed by atoms with Gasteiger partial charge in [0, 0.05) is 62.4 Å². The lowest BCUT2D eigenvalue weighted by Crippen LogP contribution is -2.28. The summed E-state index contributed by atoms with van der Waals surface area (Å²) < 4.78 is 21.8. The average molecular weight is 618 g/mol. The maximum Gasteiger partial charge on any atom is 0.228 e. The van der Waals surface area contributed by atoms with Crippen molar-refractivity contribution in [2.75, 3.05) is 25.1 Å². The number of ether oxygens (including phenoxy) is 1. The number of imidazole rings is 1. The maximum atomic E-state index is 14.0. The summed E-state index contributed by atoms with van der Waals surface area (Å²) in [6.45, 7) is 9.16. The smallest absolute Gasteiger partial charge is 0.228 e. The number of halogens is 2. The molecule has 2 aromatic carbocycles. The van der Waals surface area contributed by atoms with Crippen LogP contribution in [0.15, 0.2) is 84.3 Å². The molecule has 2 aliphatic rings. The second-order valence-corrected chi connectivity index (χ2v) is 11.8. The second-order valence-electron chi connectivity index (χ2n) is 11.3. The predicted molar refractivity (Wildman–Crippen MR) is 171 cm³/mol. The summed E-state index contributed by atoms with van der Waals surface area (Å²) in [6, 6.07) is 14.9. The number of rotatable bonds is 14. The quantitative estimate of drug-likeness (QED) is 0.172. The molecule has 0 bridgehead atoms. The molecule has 1 N–H and O–H groups in total. The van der Waals surface area contributed by atoms with E-state index in [0.717, 1.165) is 36.4 Å². The van der Waals surface area contributed by atoms with Gasteiger partial charge < -0.3 is 14.2 Å². The fourth-order valence-corrected chi connectivity index (χ4v) is 5.96. The third kappa shape index (κ3) is 6.95. The molecule has 10 heteroatoms. The molecule has 0 spiro atoms. The van der Waals surface area contributed by atoms with E-state index in [1.54, 1.807) is 0 Å². The first kappa shape index (κ1) is 31.2. The molecule has 1 saturated carbocycles. The molecule has 8 nitrogen and oxygen atoms in total. The summed E-state index contributed by atoms with van der Waals surface area (Å²) in [6.07, 6.45) is 5.97. The number of carbonyl (C=O) groups excluding carboxylic acids is 2.